The molecule has 0 unspecified atom stereocenters. The van der Waals surface area contributed by atoms with Gasteiger partial charge in [0.05, 0.1) is 19.4 Å². The van der Waals surface area contributed by atoms with Gasteiger partial charge in [-0.15, -0.1) is 11.3 Å². The molecule has 0 saturated carbocycles. The van der Waals surface area contributed by atoms with E-state index in [9.17, 15) is 4.79 Å². The van der Waals surface area contributed by atoms with E-state index >= 15 is 0 Å². The fourth-order valence-electron chi connectivity index (χ4n) is 3.47. The van der Waals surface area contributed by atoms with Crippen molar-refractivity contribution in [2.24, 2.45) is 0 Å². The van der Waals surface area contributed by atoms with Gasteiger partial charge in [-0.3, -0.25) is 4.79 Å². The van der Waals surface area contributed by atoms with Crippen molar-refractivity contribution in [2.45, 2.75) is 19.8 Å². The van der Waals surface area contributed by atoms with Crippen LogP contribution in [0.1, 0.15) is 18.9 Å². The average Bonchev–Trinajstić information content (AvgIpc) is 3.35. The first-order valence-electron chi connectivity index (χ1n) is 10.9. The standard InChI is InChI=1S/C27H26N2O3S/c1-3-32-24-15-9-19(17-25(24)31-2)10-16-26(30)28-22-13-11-20(12-14-22)23-18-33-27(29-23)21-7-5-4-6-8-21/h4-9,11-15,17-18H,3,10,16H2,1-2H3,(H,28,30). The van der Waals surface area contributed by atoms with Crippen LogP contribution in [0.15, 0.2) is 78.2 Å². The number of rotatable bonds is 9. The Morgan fingerprint density at radius 2 is 1.76 bits per heavy atom. The molecule has 5 nitrogen and oxygen atoms in total. The summed E-state index contributed by atoms with van der Waals surface area (Å²) < 4.78 is 10.9. The van der Waals surface area contributed by atoms with E-state index in [1.165, 1.54) is 0 Å². The Balaban J connectivity index is 1.34. The topological polar surface area (TPSA) is 60.5 Å². The van der Waals surface area contributed by atoms with E-state index in [0.717, 1.165) is 33.1 Å². The predicted octanol–water partition coefficient (Wildman–Crippen LogP) is 6.46. The number of benzene rings is 3. The van der Waals surface area contributed by atoms with Crippen molar-refractivity contribution in [3.8, 4) is 33.3 Å². The van der Waals surface area contributed by atoms with Gasteiger partial charge in [-0.05, 0) is 43.2 Å². The third-order valence-corrected chi connectivity index (χ3v) is 6.05. The van der Waals surface area contributed by atoms with Crippen molar-refractivity contribution in [3.05, 3.63) is 83.7 Å². The highest BCUT2D eigenvalue weighted by molar-refractivity contribution is 7.13. The van der Waals surface area contributed by atoms with Gasteiger partial charge in [0.1, 0.15) is 5.01 Å². The van der Waals surface area contributed by atoms with Crippen molar-refractivity contribution in [1.29, 1.82) is 0 Å². The van der Waals surface area contributed by atoms with Crippen LogP contribution in [0.3, 0.4) is 0 Å². The Bertz CT molecular complexity index is 1200. The summed E-state index contributed by atoms with van der Waals surface area (Å²) in [6.07, 6.45) is 0.999. The van der Waals surface area contributed by atoms with Crippen LogP contribution in [0.4, 0.5) is 5.69 Å². The molecule has 0 aliphatic carbocycles. The lowest BCUT2D eigenvalue weighted by molar-refractivity contribution is -0.116. The summed E-state index contributed by atoms with van der Waals surface area (Å²) in [6, 6.07) is 23.7. The van der Waals surface area contributed by atoms with Gasteiger partial charge >= 0.3 is 0 Å². The van der Waals surface area contributed by atoms with Gasteiger partial charge < -0.3 is 14.8 Å². The molecule has 1 heterocycles. The largest absolute Gasteiger partial charge is 0.493 e. The Morgan fingerprint density at radius 1 is 0.970 bits per heavy atom. The van der Waals surface area contributed by atoms with Crippen LogP contribution in [0, 0.1) is 0 Å². The zero-order valence-electron chi connectivity index (χ0n) is 18.7. The molecule has 0 spiro atoms. The molecule has 0 radical (unpaired) electrons. The number of nitrogens with one attached hydrogen (secondary N) is 1. The number of nitrogens with zero attached hydrogens (tertiary/aromatic N) is 1. The second kappa shape index (κ2) is 10.8. The molecule has 3 aromatic carbocycles. The number of carbonyl (C=O) groups excluding carboxylic acids is 1. The normalized spacial score (nSPS) is 10.6. The van der Waals surface area contributed by atoms with Gasteiger partial charge in [-0.1, -0.05) is 48.5 Å². The maximum atomic E-state index is 12.4. The first kappa shape index (κ1) is 22.6. The first-order chi connectivity index (χ1) is 16.2. The van der Waals surface area contributed by atoms with E-state index in [2.05, 4.69) is 22.8 Å². The molecule has 0 fully saturated rings. The number of carbonyl (C=O) groups is 1. The summed E-state index contributed by atoms with van der Waals surface area (Å²) in [5, 5.41) is 6.02. The summed E-state index contributed by atoms with van der Waals surface area (Å²) in [5.74, 6) is 1.36. The molecule has 4 aromatic rings. The number of hydrogen-bond donors (Lipinski definition) is 1. The van der Waals surface area contributed by atoms with Crippen LogP contribution < -0.4 is 14.8 Å². The van der Waals surface area contributed by atoms with Crippen molar-refractivity contribution in [2.75, 3.05) is 19.0 Å². The van der Waals surface area contributed by atoms with Crippen molar-refractivity contribution >= 4 is 22.9 Å². The van der Waals surface area contributed by atoms with Crippen LogP contribution in [-0.2, 0) is 11.2 Å². The van der Waals surface area contributed by atoms with Gasteiger partial charge in [0, 0.05) is 28.6 Å². The number of aryl methyl sites for hydroxylation is 1. The van der Waals surface area contributed by atoms with Gasteiger partial charge in [-0.2, -0.15) is 0 Å². The van der Waals surface area contributed by atoms with E-state index in [-0.39, 0.29) is 5.91 Å². The Hall–Kier alpha value is -3.64. The third-order valence-electron chi connectivity index (χ3n) is 5.16. The van der Waals surface area contributed by atoms with Gasteiger partial charge in [0.25, 0.3) is 0 Å². The molecule has 0 bridgehead atoms. The summed E-state index contributed by atoms with van der Waals surface area (Å²) in [7, 11) is 1.62. The zero-order valence-corrected chi connectivity index (χ0v) is 19.5. The van der Waals surface area contributed by atoms with Crippen LogP contribution in [0.5, 0.6) is 11.5 Å². The fraction of sp³-hybridized carbons (Fsp3) is 0.185. The first-order valence-corrected chi connectivity index (χ1v) is 11.7. The second-order valence-corrected chi connectivity index (χ2v) is 8.31. The second-order valence-electron chi connectivity index (χ2n) is 7.45. The lowest BCUT2D eigenvalue weighted by Crippen LogP contribution is -2.12. The quantitative estimate of drug-likeness (QED) is 0.313. The Morgan fingerprint density at radius 3 is 2.48 bits per heavy atom. The molecular formula is C27H26N2O3S. The number of thiazole rings is 1. The predicted molar refractivity (Wildman–Crippen MR) is 134 cm³/mol. The highest BCUT2D eigenvalue weighted by Gasteiger charge is 2.09. The number of amides is 1. The molecule has 0 aliphatic heterocycles. The van der Waals surface area contributed by atoms with Gasteiger partial charge in [0.2, 0.25) is 5.91 Å². The van der Waals surface area contributed by atoms with Gasteiger partial charge in [0.15, 0.2) is 11.5 Å². The summed E-state index contributed by atoms with van der Waals surface area (Å²) in [4.78, 5) is 17.2. The van der Waals surface area contributed by atoms with Crippen molar-refractivity contribution in [1.82, 2.24) is 4.98 Å². The number of aromatic nitrogens is 1. The molecule has 0 atom stereocenters. The number of anilines is 1. The minimum absolute atomic E-state index is 0.0318. The Labute approximate surface area is 198 Å². The maximum Gasteiger partial charge on any atom is 0.224 e. The van der Waals surface area contributed by atoms with Crippen molar-refractivity contribution < 1.29 is 14.3 Å². The van der Waals surface area contributed by atoms with E-state index in [4.69, 9.17) is 14.5 Å². The third kappa shape index (κ3) is 5.79. The molecule has 1 aromatic heterocycles. The zero-order chi connectivity index (χ0) is 23.0. The number of hydrogen-bond acceptors (Lipinski definition) is 5. The Kier molecular flexibility index (Phi) is 7.37. The van der Waals surface area contributed by atoms with Crippen LogP contribution in [0.25, 0.3) is 21.8 Å². The smallest absolute Gasteiger partial charge is 0.224 e. The van der Waals surface area contributed by atoms with E-state index in [0.29, 0.717) is 30.9 Å². The highest BCUT2D eigenvalue weighted by Crippen LogP contribution is 2.30. The van der Waals surface area contributed by atoms with Crippen LogP contribution >= 0.6 is 11.3 Å². The van der Waals surface area contributed by atoms with E-state index in [1.807, 2.05) is 67.6 Å². The summed E-state index contributed by atoms with van der Waals surface area (Å²) in [5.41, 5.74) is 4.86. The fourth-order valence-corrected chi connectivity index (χ4v) is 4.30. The summed E-state index contributed by atoms with van der Waals surface area (Å²) >= 11 is 1.63. The SMILES string of the molecule is CCOc1ccc(CCC(=O)Nc2ccc(-c3csc(-c4ccccc4)n3)cc2)cc1OC. The van der Waals surface area contributed by atoms with Crippen LogP contribution in [-0.4, -0.2) is 24.6 Å². The molecule has 0 aliphatic rings. The van der Waals surface area contributed by atoms with Crippen molar-refractivity contribution in [3.63, 3.8) is 0 Å². The number of methoxy groups -OCH3 is 1. The number of ether oxygens (including phenoxy) is 2. The summed E-state index contributed by atoms with van der Waals surface area (Å²) in [6.45, 7) is 2.51. The maximum absolute atomic E-state index is 12.4. The molecule has 1 N–H and O–H groups in total. The minimum atomic E-state index is -0.0318. The lowest BCUT2D eigenvalue weighted by Gasteiger charge is -2.11. The molecule has 0 saturated heterocycles. The van der Waals surface area contributed by atoms with E-state index < -0.39 is 0 Å². The van der Waals surface area contributed by atoms with Gasteiger partial charge in [-0.25, -0.2) is 4.98 Å². The average molecular weight is 459 g/mol. The minimum Gasteiger partial charge on any atom is -0.493 e. The lowest BCUT2D eigenvalue weighted by atomic mass is 10.1. The van der Waals surface area contributed by atoms with E-state index in [1.54, 1.807) is 18.4 Å². The highest BCUT2D eigenvalue weighted by atomic mass is 32.1. The van der Waals surface area contributed by atoms with Crippen LogP contribution in [0.2, 0.25) is 0 Å². The molecule has 4 rings (SSSR count). The molecule has 168 valence electrons. The molecule has 6 heteroatoms. The molecule has 33 heavy (non-hydrogen) atoms. The molecule has 1 amide bonds. The monoisotopic (exact) mass is 458 g/mol. The molecular weight excluding hydrogens is 432 g/mol.